The summed E-state index contributed by atoms with van der Waals surface area (Å²) in [6, 6.07) is 9.27. The molecule has 0 saturated carbocycles. The van der Waals surface area contributed by atoms with Crippen LogP contribution in [0.3, 0.4) is 0 Å². The summed E-state index contributed by atoms with van der Waals surface area (Å²) < 4.78 is 5.28. The lowest BCUT2D eigenvalue weighted by Gasteiger charge is -1.93. The minimum absolute atomic E-state index is 0.656. The van der Waals surface area contributed by atoms with E-state index in [1.807, 2.05) is 24.3 Å². The van der Waals surface area contributed by atoms with E-state index in [0.29, 0.717) is 5.56 Å². The third kappa shape index (κ3) is 2.05. The SMILES string of the molecule is O=Cc1ccc2nc(CCc3ccco3)[nH]c2c1. The zero-order valence-corrected chi connectivity index (χ0v) is 9.72. The van der Waals surface area contributed by atoms with Crippen LogP contribution in [0.15, 0.2) is 41.0 Å². The van der Waals surface area contributed by atoms with Crippen LogP contribution in [-0.2, 0) is 12.8 Å². The highest BCUT2D eigenvalue weighted by atomic mass is 16.3. The van der Waals surface area contributed by atoms with E-state index in [4.69, 9.17) is 4.42 Å². The van der Waals surface area contributed by atoms with Crippen molar-refractivity contribution in [2.45, 2.75) is 12.8 Å². The van der Waals surface area contributed by atoms with Crippen LogP contribution < -0.4 is 0 Å². The number of furan rings is 1. The fourth-order valence-corrected chi connectivity index (χ4v) is 1.97. The lowest BCUT2D eigenvalue weighted by Crippen LogP contribution is -1.91. The minimum atomic E-state index is 0.656. The van der Waals surface area contributed by atoms with Gasteiger partial charge >= 0.3 is 0 Å². The molecule has 0 atom stereocenters. The van der Waals surface area contributed by atoms with Crippen LogP contribution in [0, 0.1) is 0 Å². The Labute approximate surface area is 104 Å². The van der Waals surface area contributed by atoms with Crippen molar-refractivity contribution in [1.82, 2.24) is 9.97 Å². The van der Waals surface area contributed by atoms with E-state index in [9.17, 15) is 4.79 Å². The maximum Gasteiger partial charge on any atom is 0.150 e. The molecule has 0 radical (unpaired) electrons. The van der Waals surface area contributed by atoms with Crippen molar-refractivity contribution in [1.29, 1.82) is 0 Å². The Morgan fingerprint density at radius 1 is 1.28 bits per heavy atom. The maximum atomic E-state index is 10.7. The van der Waals surface area contributed by atoms with Crippen LogP contribution >= 0.6 is 0 Å². The van der Waals surface area contributed by atoms with Gasteiger partial charge in [0.25, 0.3) is 0 Å². The van der Waals surface area contributed by atoms with Crippen LogP contribution in [-0.4, -0.2) is 16.3 Å². The highest BCUT2D eigenvalue weighted by Crippen LogP contribution is 2.14. The molecule has 0 amide bonds. The van der Waals surface area contributed by atoms with Crippen molar-refractivity contribution in [3.05, 3.63) is 53.7 Å². The molecule has 2 heterocycles. The number of carbonyl (C=O) groups excluding carboxylic acids is 1. The first-order chi connectivity index (χ1) is 8.85. The Balaban J connectivity index is 1.82. The third-order valence-electron chi connectivity index (χ3n) is 2.88. The summed E-state index contributed by atoms with van der Waals surface area (Å²) in [5.41, 5.74) is 2.44. The Morgan fingerprint density at radius 2 is 2.22 bits per heavy atom. The molecule has 0 saturated heterocycles. The number of aromatic amines is 1. The lowest BCUT2D eigenvalue weighted by atomic mass is 10.2. The molecule has 4 heteroatoms. The van der Waals surface area contributed by atoms with E-state index in [2.05, 4.69) is 9.97 Å². The van der Waals surface area contributed by atoms with E-state index in [0.717, 1.165) is 41.7 Å². The number of aromatic nitrogens is 2. The van der Waals surface area contributed by atoms with E-state index in [1.54, 1.807) is 12.3 Å². The summed E-state index contributed by atoms with van der Waals surface area (Å²) in [6.07, 6.45) is 4.11. The average Bonchev–Trinajstić information content (AvgIpc) is 3.04. The molecule has 4 nitrogen and oxygen atoms in total. The molecule has 0 aliphatic rings. The van der Waals surface area contributed by atoms with Gasteiger partial charge in [0.05, 0.1) is 17.3 Å². The summed E-state index contributed by atoms with van der Waals surface area (Å²) >= 11 is 0. The minimum Gasteiger partial charge on any atom is -0.469 e. The first kappa shape index (κ1) is 10.8. The number of benzene rings is 1. The number of hydrogen-bond donors (Lipinski definition) is 1. The summed E-state index contributed by atoms with van der Waals surface area (Å²) in [4.78, 5) is 18.4. The molecule has 0 unspecified atom stereocenters. The van der Waals surface area contributed by atoms with Gasteiger partial charge in [-0.2, -0.15) is 0 Å². The van der Waals surface area contributed by atoms with Gasteiger partial charge < -0.3 is 9.40 Å². The topological polar surface area (TPSA) is 58.9 Å². The first-order valence-electron chi connectivity index (χ1n) is 5.81. The quantitative estimate of drug-likeness (QED) is 0.713. The molecule has 0 spiro atoms. The molecule has 3 rings (SSSR count). The smallest absolute Gasteiger partial charge is 0.150 e. The fraction of sp³-hybridized carbons (Fsp3) is 0.143. The van der Waals surface area contributed by atoms with Crippen molar-refractivity contribution in [3.8, 4) is 0 Å². The van der Waals surface area contributed by atoms with Gasteiger partial charge in [0.15, 0.2) is 0 Å². The molecule has 2 aromatic heterocycles. The van der Waals surface area contributed by atoms with Crippen molar-refractivity contribution in [2.75, 3.05) is 0 Å². The standard InChI is InChI=1S/C14H12N2O2/c17-9-10-3-5-12-13(8-10)16-14(15-12)6-4-11-2-1-7-18-11/h1-3,5,7-9H,4,6H2,(H,15,16). The molecular weight excluding hydrogens is 228 g/mol. The van der Waals surface area contributed by atoms with Crippen LogP contribution in [0.25, 0.3) is 11.0 Å². The van der Waals surface area contributed by atoms with Gasteiger partial charge in [-0.05, 0) is 30.3 Å². The molecule has 0 bridgehead atoms. The average molecular weight is 240 g/mol. The van der Waals surface area contributed by atoms with Crippen molar-refractivity contribution < 1.29 is 9.21 Å². The second-order valence-corrected chi connectivity index (χ2v) is 4.16. The van der Waals surface area contributed by atoms with Crippen molar-refractivity contribution in [3.63, 3.8) is 0 Å². The number of aryl methyl sites for hydroxylation is 2. The first-order valence-corrected chi connectivity index (χ1v) is 5.81. The number of nitrogens with one attached hydrogen (secondary N) is 1. The Morgan fingerprint density at radius 3 is 3.00 bits per heavy atom. The Kier molecular flexibility index (Phi) is 2.68. The molecular formula is C14H12N2O2. The molecule has 0 aliphatic heterocycles. The summed E-state index contributed by atoms with van der Waals surface area (Å²) in [6.45, 7) is 0. The van der Waals surface area contributed by atoms with Crippen LogP contribution in [0.1, 0.15) is 21.9 Å². The van der Waals surface area contributed by atoms with E-state index >= 15 is 0 Å². The third-order valence-corrected chi connectivity index (χ3v) is 2.88. The Hall–Kier alpha value is -2.36. The number of carbonyl (C=O) groups is 1. The van der Waals surface area contributed by atoms with E-state index in [-0.39, 0.29) is 0 Å². The van der Waals surface area contributed by atoms with Crippen LogP contribution in [0.5, 0.6) is 0 Å². The molecule has 18 heavy (non-hydrogen) atoms. The van der Waals surface area contributed by atoms with E-state index in [1.165, 1.54) is 0 Å². The normalized spacial score (nSPS) is 10.9. The van der Waals surface area contributed by atoms with Gasteiger partial charge in [-0.1, -0.05) is 0 Å². The van der Waals surface area contributed by atoms with Crippen LogP contribution in [0.4, 0.5) is 0 Å². The largest absolute Gasteiger partial charge is 0.469 e. The zero-order valence-electron chi connectivity index (χ0n) is 9.72. The lowest BCUT2D eigenvalue weighted by molar-refractivity contribution is 0.112. The Bertz CT molecular complexity index is 668. The number of rotatable bonds is 4. The number of fused-ring (bicyclic) bond motifs is 1. The monoisotopic (exact) mass is 240 g/mol. The van der Waals surface area contributed by atoms with Gasteiger partial charge in [0, 0.05) is 18.4 Å². The number of imidazole rings is 1. The summed E-state index contributed by atoms with van der Waals surface area (Å²) in [5, 5.41) is 0. The fourth-order valence-electron chi connectivity index (χ4n) is 1.97. The van der Waals surface area contributed by atoms with Crippen molar-refractivity contribution >= 4 is 17.3 Å². The molecule has 0 aliphatic carbocycles. The zero-order chi connectivity index (χ0) is 12.4. The molecule has 3 aromatic rings. The van der Waals surface area contributed by atoms with Crippen molar-refractivity contribution in [2.24, 2.45) is 0 Å². The molecule has 0 fully saturated rings. The predicted molar refractivity (Wildman–Crippen MR) is 67.6 cm³/mol. The molecule has 1 aromatic carbocycles. The number of nitrogens with zero attached hydrogens (tertiary/aromatic N) is 1. The number of hydrogen-bond acceptors (Lipinski definition) is 3. The second-order valence-electron chi connectivity index (χ2n) is 4.16. The number of H-pyrrole nitrogens is 1. The van der Waals surface area contributed by atoms with Gasteiger partial charge in [0.1, 0.15) is 17.9 Å². The summed E-state index contributed by atoms with van der Waals surface area (Å²) in [5.74, 6) is 1.86. The van der Waals surface area contributed by atoms with Gasteiger partial charge in [-0.3, -0.25) is 4.79 Å². The second kappa shape index (κ2) is 4.49. The van der Waals surface area contributed by atoms with Gasteiger partial charge in [0.2, 0.25) is 0 Å². The number of aldehydes is 1. The summed E-state index contributed by atoms with van der Waals surface area (Å²) in [7, 11) is 0. The van der Waals surface area contributed by atoms with Gasteiger partial charge in [-0.25, -0.2) is 4.98 Å². The van der Waals surface area contributed by atoms with E-state index < -0.39 is 0 Å². The maximum absolute atomic E-state index is 10.7. The van der Waals surface area contributed by atoms with Crippen LogP contribution in [0.2, 0.25) is 0 Å². The predicted octanol–water partition coefficient (Wildman–Crippen LogP) is 2.75. The highest BCUT2D eigenvalue weighted by molar-refractivity contribution is 5.84. The highest BCUT2D eigenvalue weighted by Gasteiger charge is 2.05. The molecule has 90 valence electrons. The molecule has 1 N–H and O–H groups in total. The van der Waals surface area contributed by atoms with Gasteiger partial charge in [-0.15, -0.1) is 0 Å².